The largest absolute Gasteiger partial charge is 0.329 e. The van der Waals surface area contributed by atoms with Crippen LogP contribution in [0, 0.1) is 16.7 Å². The number of carbonyl (C=O) groups excluding carboxylic acids is 3. The molecule has 0 aliphatic carbocycles. The van der Waals surface area contributed by atoms with Gasteiger partial charge in [0.2, 0.25) is 5.91 Å². The predicted molar refractivity (Wildman–Crippen MR) is 124 cm³/mol. The fourth-order valence-corrected chi connectivity index (χ4v) is 5.27. The molecule has 3 amide bonds. The maximum absolute atomic E-state index is 14.1. The zero-order valence-electron chi connectivity index (χ0n) is 18.9. The Morgan fingerprint density at radius 3 is 2.30 bits per heavy atom. The van der Waals surface area contributed by atoms with Crippen LogP contribution in [0.1, 0.15) is 72.4 Å². The second-order valence-corrected chi connectivity index (χ2v) is 9.63. The first-order chi connectivity index (χ1) is 15.7. The van der Waals surface area contributed by atoms with Crippen molar-refractivity contribution in [2.45, 2.75) is 58.2 Å². The number of nitriles is 1. The van der Waals surface area contributed by atoms with Crippen molar-refractivity contribution in [3.05, 3.63) is 70.2 Å². The maximum Gasteiger partial charge on any atom is 0.262 e. The van der Waals surface area contributed by atoms with Crippen LogP contribution in [-0.4, -0.2) is 39.6 Å². The molecule has 0 radical (unpaired) electrons. The van der Waals surface area contributed by atoms with Gasteiger partial charge in [0.1, 0.15) is 6.04 Å². The van der Waals surface area contributed by atoms with Crippen LogP contribution in [0.2, 0.25) is 5.02 Å². The molecule has 6 nitrogen and oxygen atoms in total. The Morgan fingerprint density at radius 1 is 1.12 bits per heavy atom. The van der Waals surface area contributed by atoms with Crippen molar-refractivity contribution < 1.29 is 14.4 Å². The molecule has 2 heterocycles. The van der Waals surface area contributed by atoms with E-state index < -0.39 is 23.3 Å². The van der Waals surface area contributed by atoms with E-state index in [2.05, 4.69) is 6.07 Å². The molecule has 0 aromatic heterocycles. The predicted octanol–water partition coefficient (Wildman–Crippen LogP) is 5.00. The highest BCUT2D eigenvalue weighted by atomic mass is 35.5. The third-order valence-corrected chi connectivity index (χ3v) is 7.04. The highest BCUT2D eigenvalue weighted by Crippen LogP contribution is 2.44. The number of imide groups is 1. The van der Waals surface area contributed by atoms with Gasteiger partial charge in [0.15, 0.2) is 0 Å². The highest BCUT2D eigenvalue weighted by Gasteiger charge is 2.50. The summed E-state index contributed by atoms with van der Waals surface area (Å²) in [4.78, 5) is 43.2. The van der Waals surface area contributed by atoms with Crippen LogP contribution in [0.4, 0.5) is 0 Å². The topological polar surface area (TPSA) is 81.5 Å². The lowest BCUT2D eigenvalue weighted by molar-refractivity contribution is -0.140. The molecule has 33 heavy (non-hydrogen) atoms. The van der Waals surface area contributed by atoms with E-state index in [0.29, 0.717) is 29.0 Å². The van der Waals surface area contributed by atoms with E-state index in [1.54, 1.807) is 42.2 Å². The quantitative estimate of drug-likeness (QED) is 0.584. The number of likely N-dealkylation sites (tertiary alicyclic amines) is 1. The lowest BCUT2D eigenvalue weighted by Gasteiger charge is -2.39. The van der Waals surface area contributed by atoms with Crippen LogP contribution in [-0.2, 0) is 4.79 Å². The van der Waals surface area contributed by atoms with Crippen LogP contribution in [0.5, 0.6) is 0 Å². The summed E-state index contributed by atoms with van der Waals surface area (Å²) in [6.45, 7) is 5.43. The van der Waals surface area contributed by atoms with Gasteiger partial charge in [-0.15, -0.1) is 0 Å². The number of hydrogen-bond acceptors (Lipinski definition) is 4. The minimum absolute atomic E-state index is 0.281. The van der Waals surface area contributed by atoms with Crippen LogP contribution in [0.3, 0.4) is 0 Å². The van der Waals surface area contributed by atoms with Gasteiger partial charge in [-0.1, -0.05) is 42.8 Å². The molecule has 1 saturated heterocycles. The van der Waals surface area contributed by atoms with E-state index >= 15 is 0 Å². The lowest BCUT2D eigenvalue weighted by Crippen LogP contribution is -2.54. The molecular weight excluding hydrogens is 438 g/mol. The number of rotatable bonds is 5. The standard InChI is InChI=1S/C26H26ClN3O3/c1-4-20(30-23(31)18-10-5-6-11-19(18)24(30)32)25(33)29-21(16-8-7-9-17(27)14-16)12-13-22(29)26(2,3)15-28/h5-11,14,20-22H,4,12-13H2,1-3H3/t20?,21-,22+/m0/s1. The Balaban J connectivity index is 1.75. The first-order valence-corrected chi connectivity index (χ1v) is 11.5. The Kier molecular flexibility index (Phi) is 6.02. The van der Waals surface area contributed by atoms with Crippen molar-refractivity contribution in [3.8, 4) is 6.07 Å². The minimum atomic E-state index is -0.950. The van der Waals surface area contributed by atoms with Gasteiger partial charge in [-0.25, -0.2) is 0 Å². The third-order valence-electron chi connectivity index (χ3n) is 6.80. The van der Waals surface area contributed by atoms with E-state index in [1.165, 1.54) is 0 Å². The molecule has 2 aromatic rings. The van der Waals surface area contributed by atoms with Crippen molar-refractivity contribution in [1.29, 1.82) is 5.26 Å². The normalized spacial score (nSPS) is 21.2. The van der Waals surface area contributed by atoms with Crippen LogP contribution in [0.15, 0.2) is 48.5 Å². The average molecular weight is 464 g/mol. The summed E-state index contributed by atoms with van der Waals surface area (Å²) in [7, 11) is 0. The number of fused-ring (bicyclic) bond motifs is 1. The van der Waals surface area contributed by atoms with Gasteiger partial charge in [-0.2, -0.15) is 5.26 Å². The lowest BCUT2D eigenvalue weighted by atomic mass is 9.84. The first-order valence-electron chi connectivity index (χ1n) is 11.2. The molecule has 170 valence electrons. The summed E-state index contributed by atoms with van der Waals surface area (Å²) < 4.78 is 0. The highest BCUT2D eigenvalue weighted by molar-refractivity contribution is 6.30. The summed E-state index contributed by atoms with van der Waals surface area (Å²) in [6.07, 6.45) is 1.59. The average Bonchev–Trinajstić information content (AvgIpc) is 3.36. The number of amides is 3. The Hall–Kier alpha value is -3.17. The number of benzene rings is 2. The van der Waals surface area contributed by atoms with E-state index in [0.717, 1.165) is 10.5 Å². The molecule has 0 N–H and O–H groups in total. The second-order valence-electron chi connectivity index (χ2n) is 9.19. The van der Waals surface area contributed by atoms with E-state index in [-0.39, 0.29) is 24.4 Å². The van der Waals surface area contributed by atoms with Crippen molar-refractivity contribution in [2.75, 3.05) is 0 Å². The monoisotopic (exact) mass is 463 g/mol. The Bertz CT molecular complexity index is 1130. The fraction of sp³-hybridized carbons (Fsp3) is 0.385. The zero-order chi connectivity index (χ0) is 23.9. The summed E-state index contributed by atoms with van der Waals surface area (Å²) in [6, 6.07) is 14.7. The Morgan fingerprint density at radius 2 is 1.76 bits per heavy atom. The molecule has 0 spiro atoms. The van der Waals surface area contributed by atoms with Crippen LogP contribution in [0.25, 0.3) is 0 Å². The summed E-state index contributed by atoms with van der Waals surface area (Å²) >= 11 is 6.23. The molecular formula is C26H26ClN3O3. The van der Waals surface area contributed by atoms with Crippen molar-refractivity contribution in [2.24, 2.45) is 5.41 Å². The first kappa shape index (κ1) is 23.0. The number of nitrogens with zero attached hydrogens (tertiary/aromatic N) is 3. The molecule has 7 heteroatoms. The fourth-order valence-electron chi connectivity index (χ4n) is 5.07. The third kappa shape index (κ3) is 3.81. The molecule has 1 fully saturated rings. The molecule has 2 aliphatic rings. The molecule has 2 aliphatic heterocycles. The number of hydrogen-bond donors (Lipinski definition) is 0. The van der Waals surface area contributed by atoms with Gasteiger partial charge in [-0.3, -0.25) is 19.3 Å². The second kappa shape index (κ2) is 8.64. The maximum atomic E-state index is 14.1. The molecule has 0 bridgehead atoms. The van der Waals surface area contributed by atoms with Crippen molar-refractivity contribution in [3.63, 3.8) is 0 Å². The summed E-state index contributed by atoms with van der Waals surface area (Å²) in [5.74, 6) is -1.22. The summed E-state index contributed by atoms with van der Waals surface area (Å²) in [5.41, 5.74) is 0.707. The van der Waals surface area contributed by atoms with Gasteiger partial charge >= 0.3 is 0 Å². The Labute approximate surface area is 198 Å². The number of halogens is 1. The van der Waals surface area contributed by atoms with Gasteiger partial charge < -0.3 is 4.90 Å². The van der Waals surface area contributed by atoms with Crippen LogP contribution >= 0.6 is 11.6 Å². The molecule has 4 rings (SSSR count). The van der Waals surface area contributed by atoms with Crippen molar-refractivity contribution in [1.82, 2.24) is 9.80 Å². The minimum Gasteiger partial charge on any atom is -0.329 e. The zero-order valence-corrected chi connectivity index (χ0v) is 19.7. The van der Waals surface area contributed by atoms with Gasteiger partial charge in [-0.05, 0) is 62.9 Å². The molecule has 3 atom stereocenters. The smallest absolute Gasteiger partial charge is 0.262 e. The number of carbonyl (C=O) groups is 3. The molecule has 1 unspecified atom stereocenters. The van der Waals surface area contributed by atoms with Gasteiger partial charge in [0, 0.05) is 5.02 Å². The van der Waals surface area contributed by atoms with Crippen LogP contribution < -0.4 is 0 Å². The van der Waals surface area contributed by atoms with E-state index in [1.807, 2.05) is 32.0 Å². The van der Waals surface area contributed by atoms with Gasteiger partial charge in [0.25, 0.3) is 11.8 Å². The SMILES string of the molecule is CCC(C(=O)N1[C@H](c2cccc(Cl)c2)CC[C@@H]1C(C)(C)C#N)N1C(=O)c2ccccc2C1=O. The van der Waals surface area contributed by atoms with Crippen molar-refractivity contribution >= 4 is 29.3 Å². The van der Waals surface area contributed by atoms with Gasteiger partial charge in [0.05, 0.1) is 34.7 Å². The van der Waals surface area contributed by atoms with E-state index in [9.17, 15) is 19.6 Å². The molecule has 0 saturated carbocycles. The molecule has 2 aromatic carbocycles. The van der Waals surface area contributed by atoms with E-state index in [4.69, 9.17) is 11.6 Å². The summed E-state index contributed by atoms with van der Waals surface area (Å²) in [5, 5.41) is 10.4.